The van der Waals surface area contributed by atoms with E-state index in [0.29, 0.717) is 25.0 Å². The maximum atomic E-state index is 12.2. The first kappa shape index (κ1) is 20.7. The number of aliphatic hydroxyl groups is 1. The lowest BCUT2D eigenvalue weighted by Crippen LogP contribution is -2.57. The molecule has 1 heterocycles. The zero-order valence-electron chi connectivity index (χ0n) is 18.8. The van der Waals surface area contributed by atoms with Crippen LogP contribution in [0.15, 0.2) is 23.3 Å². The number of rotatable bonds is 2. The van der Waals surface area contributed by atoms with Crippen molar-refractivity contribution in [1.29, 1.82) is 0 Å². The second-order valence-electron chi connectivity index (χ2n) is 10.8. The molecule has 0 radical (unpaired) electrons. The van der Waals surface area contributed by atoms with E-state index in [-0.39, 0.29) is 34.9 Å². The van der Waals surface area contributed by atoms with Crippen molar-refractivity contribution in [3.63, 3.8) is 0 Å². The van der Waals surface area contributed by atoms with Crippen molar-refractivity contribution in [2.45, 2.75) is 84.2 Å². The van der Waals surface area contributed by atoms with Gasteiger partial charge in [0, 0.05) is 18.3 Å². The molecule has 5 heteroatoms. The minimum Gasteiger partial charge on any atom is -0.462 e. The third kappa shape index (κ3) is 2.81. The van der Waals surface area contributed by atoms with Gasteiger partial charge in [0.05, 0.1) is 19.3 Å². The number of carbonyl (C=O) groups excluding carboxylic acids is 1. The summed E-state index contributed by atoms with van der Waals surface area (Å²) in [7, 11) is 0. The monoisotopic (exact) mass is 416 g/mol. The summed E-state index contributed by atoms with van der Waals surface area (Å²) in [5.41, 5.74) is 2.66. The first-order chi connectivity index (χ1) is 14.2. The van der Waals surface area contributed by atoms with E-state index in [9.17, 15) is 9.90 Å². The Balaban J connectivity index is 1.55. The maximum absolute atomic E-state index is 12.2. The normalized spacial score (nSPS) is 46.9. The highest BCUT2D eigenvalue weighted by atomic mass is 16.7. The number of esters is 1. The average Bonchev–Trinajstić information content (AvgIpc) is 3.27. The molecule has 1 saturated heterocycles. The van der Waals surface area contributed by atoms with Gasteiger partial charge in [-0.2, -0.15) is 0 Å². The first-order valence-corrected chi connectivity index (χ1v) is 11.7. The summed E-state index contributed by atoms with van der Waals surface area (Å²) in [6.45, 7) is 9.49. The fraction of sp³-hybridized carbons (Fsp3) is 0.800. The van der Waals surface area contributed by atoms with Crippen LogP contribution in [0.2, 0.25) is 0 Å². The van der Waals surface area contributed by atoms with Crippen LogP contribution < -0.4 is 0 Å². The van der Waals surface area contributed by atoms with Crippen molar-refractivity contribution in [1.82, 2.24) is 0 Å². The second-order valence-corrected chi connectivity index (χ2v) is 10.8. The minimum absolute atomic E-state index is 0.0745. The molecular weight excluding hydrogens is 380 g/mol. The Labute approximate surface area is 179 Å². The fourth-order valence-electron chi connectivity index (χ4n) is 7.81. The zero-order chi connectivity index (χ0) is 21.3. The van der Waals surface area contributed by atoms with Gasteiger partial charge in [0.15, 0.2) is 5.79 Å². The molecule has 0 amide bonds. The Morgan fingerprint density at radius 1 is 1.17 bits per heavy atom. The third-order valence-corrected chi connectivity index (χ3v) is 9.37. The van der Waals surface area contributed by atoms with Gasteiger partial charge in [-0.1, -0.05) is 37.1 Å². The highest BCUT2D eigenvalue weighted by molar-refractivity contribution is 5.66. The largest absolute Gasteiger partial charge is 0.462 e. The summed E-state index contributed by atoms with van der Waals surface area (Å²) in [6.07, 6.45) is 9.86. The molecule has 1 N–H and O–H groups in total. The van der Waals surface area contributed by atoms with Crippen LogP contribution in [0.3, 0.4) is 0 Å². The molecule has 0 aromatic carbocycles. The van der Waals surface area contributed by atoms with Gasteiger partial charge in [0.1, 0.15) is 6.10 Å². The van der Waals surface area contributed by atoms with Crippen LogP contribution in [-0.4, -0.2) is 42.3 Å². The molecular formula is C25H36O5. The lowest BCUT2D eigenvalue weighted by Gasteiger charge is -2.59. The third-order valence-electron chi connectivity index (χ3n) is 9.37. The number of carbonyl (C=O) groups is 1. The van der Waals surface area contributed by atoms with Crippen LogP contribution in [0.25, 0.3) is 0 Å². The SMILES string of the molecule is CC(=O)O[C@@H]1CC2C(CC=C3C[C@@H](O)CC[C@@]32C)C2=CCC(C3(C)OCCO3)[C@]21C. The Morgan fingerprint density at radius 3 is 2.60 bits per heavy atom. The summed E-state index contributed by atoms with van der Waals surface area (Å²) >= 11 is 0. The molecule has 2 saturated carbocycles. The van der Waals surface area contributed by atoms with Crippen molar-refractivity contribution in [3.05, 3.63) is 23.3 Å². The van der Waals surface area contributed by atoms with E-state index in [1.54, 1.807) is 0 Å². The van der Waals surface area contributed by atoms with Gasteiger partial charge >= 0.3 is 5.97 Å². The molecule has 0 bridgehead atoms. The number of aliphatic hydroxyl groups excluding tert-OH is 1. The zero-order valence-corrected chi connectivity index (χ0v) is 18.8. The van der Waals surface area contributed by atoms with Crippen molar-refractivity contribution >= 4 is 5.97 Å². The van der Waals surface area contributed by atoms with Gasteiger partial charge < -0.3 is 19.3 Å². The summed E-state index contributed by atoms with van der Waals surface area (Å²) < 4.78 is 18.3. The van der Waals surface area contributed by atoms with E-state index in [2.05, 4.69) is 32.9 Å². The van der Waals surface area contributed by atoms with Crippen LogP contribution in [0.1, 0.15) is 66.2 Å². The highest BCUT2D eigenvalue weighted by Crippen LogP contribution is 2.66. The van der Waals surface area contributed by atoms with E-state index in [1.165, 1.54) is 18.1 Å². The second kappa shape index (κ2) is 6.91. The Bertz CT molecular complexity index is 793. The van der Waals surface area contributed by atoms with E-state index in [4.69, 9.17) is 14.2 Å². The minimum atomic E-state index is -0.632. The molecule has 5 nitrogen and oxygen atoms in total. The first-order valence-electron chi connectivity index (χ1n) is 11.7. The van der Waals surface area contributed by atoms with Crippen LogP contribution in [0, 0.1) is 28.6 Å². The lowest BCUT2D eigenvalue weighted by atomic mass is 9.47. The number of hydrogen-bond donors (Lipinski definition) is 1. The average molecular weight is 417 g/mol. The molecule has 0 aromatic heterocycles. The number of allylic oxidation sites excluding steroid dienone is 2. The summed E-state index contributed by atoms with van der Waals surface area (Å²) in [5.74, 6) is 0.191. The van der Waals surface area contributed by atoms with E-state index < -0.39 is 5.79 Å². The van der Waals surface area contributed by atoms with Crippen molar-refractivity contribution in [3.8, 4) is 0 Å². The van der Waals surface area contributed by atoms with Crippen LogP contribution in [-0.2, 0) is 19.0 Å². The molecule has 7 atom stereocenters. The molecule has 5 aliphatic rings. The van der Waals surface area contributed by atoms with Crippen LogP contribution >= 0.6 is 0 Å². The topological polar surface area (TPSA) is 65.0 Å². The maximum Gasteiger partial charge on any atom is 0.302 e. The van der Waals surface area contributed by atoms with Crippen molar-refractivity contribution in [2.24, 2.45) is 28.6 Å². The van der Waals surface area contributed by atoms with Gasteiger partial charge in [0.25, 0.3) is 0 Å². The van der Waals surface area contributed by atoms with Crippen molar-refractivity contribution < 1.29 is 24.1 Å². The predicted octanol–water partition coefficient (Wildman–Crippen LogP) is 4.15. The quantitative estimate of drug-likeness (QED) is 0.541. The van der Waals surface area contributed by atoms with E-state index in [0.717, 1.165) is 38.5 Å². The van der Waals surface area contributed by atoms with Gasteiger partial charge in [0.2, 0.25) is 0 Å². The van der Waals surface area contributed by atoms with E-state index >= 15 is 0 Å². The number of ether oxygens (including phenoxy) is 3. The molecule has 0 spiro atoms. The molecule has 4 aliphatic carbocycles. The molecule has 1 aliphatic heterocycles. The summed E-state index contributed by atoms with van der Waals surface area (Å²) in [5, 5.41) is 10.3. The predicted molar refractivity (Wildman–Crippen MR) is 112 cm³/mol. The summed E-state index contributed by atoms with van der Waals surface area (Å²) in [6, 6.07) is 0. The molecule has 5 rings (SSSR count). The Kier molecular flexibility index (Phi) is 4.77. The molecule has 0 aromatic rings. The lowest BCUT2D eigenvalue weighted by molar-refractivity contribution is -0.223. The number of hydrogen-bond acceptors (Lipinski definition) is 5. The number of fused-ring (bicyclic) bond motifs is 5. The van der Waals surface area contributed by atoms with Crippen LogP contribution in [0.5, 0.6) is 0 Å². The Morgan fingerprint density at radius 2 is 1.90 bits per heavy atom. The van der Waals surface area contributed by atoms with Gasteiger partial charge in [-0.3, -0.25) is 4.79 Å². The highest BCUT2D eigenvalue weighted by Gasteiger charge is 2.64. The molecule has 3 unspecified atom stereocenters. The fourth-order valence-corrected chi connectivity index (χ4v) is 7.81. The smallest absolute Gasteiger partial charge is 0.302 e. The Hall–Kier alpha value is -1.17. The van der Waals surface area contributed by atoms with Gasteiger partial charge in [-0.25, -0.2) is 0 Å². The van der Waals surface area contributed by atoms with Crippen molar-refractivity contribution in [2.75, 3.05) is 13.2 Å². The standard InChI is InChI=1S/C25H36O5/c1-15(26)30-22-14-20-18(6-5-16-13-17(27)9-10-23(16,20)2)19-7-8-21(24(19,22)3)25(4)28-11-12-29-25/h5,7,17-18,20-22,27H,6,8-14H2,1-4H3/t17-,18?,20?,21?,22+,23-,24-/m0/s1. The van der Waals surface area contributed by atoms with Crippen LogP contribution in [0.4, 0.5) is 0 Å². The van der Waals surface area contributed by atoms with Gasteiger partial charge in [-0.15, -0.1) is 0 Å². The van der Waals surface area contributed by atoms with Gasteiger partial charge in [-0.05, 0) is 62.7 Å². The molecule has 166 valence electrons. The molecule has 30 heavy (non-hydrogen) atoms. The molecule has 3 fully saturated rings. The van der Waals surface area contributed by atoms with E-state index in [1.807, 2.05) is 0 Å². The summed E-state index contributed by atoms with van der Waals surface area (Å²) in [4.78, 5) is 12.2.